The molecule has 1 aliphatic carbocycles. The van der Waals surface area contributed by atoms with Gasteiger partial charge in [-0.2, -0.15) is 0 Å². The van der Waals surface area contributed by atoms with Crippen LogP contribution >= 0.6 is 0 Å². The van der Waals surface area contributed by atoms with Gasteiger partial charge in [0.2, 0.25) is 0 Å². The molecule has 2 atom stereocenters. The van der Waals surface area contributed by atoms with Crippen molar-refractivity contribution in [3.8, 4) is 0 Å². The molecular weight excluding hydrogens is 184 g/mol. The van der Waals surface area contributed by atoms with E-state index in [2.05, 4.69) is 0 Å². The lowest BCUT2D eigenvalue weighted by Gasteiger charge is -2.27. The third kappa shape index (κ3) is 3.27. The Morgan fingerprint density at radius 1 is 1.36 bits per heavy atom. The first-order valence-electron chi connectivity index (χ1n) is 4.96. The van der Waals surface area contributed by atoms with E-state index in [-0.39, 0.29) is 18.0 Å². The lowest BCUT2D eigenvalue weighted by molar-refractivity contribution is -0.150. The summed E-state index contributed by atoms with van der Waals surface area (Å²) in [6.07, 6.45) is 3.85. The fourth-order valence-corrected chi connectivity index (χ4v) is 1.84. The number of ether oxygens (including phenoxy) is 3. The van der Waals surface area contributed by atoms with Gasteiger partial charge in [-0.3, -0.25) is 4.79 Å². The molecule has 82 valence electrons. The monoisotopic (exact) mass is 202 g/mol. The van der Waals surface area contributed by atoms with Crippen molar-refractivity contribution in [2.24, 2.45) is 5.92 Å². The molecule has 0 heterocycles. The van der Waals surface area contributed by atoms with Crippen LogP contribution < -0.4 is 0 Å². The summed E-state index contributed by atoms with van der Waals surface area (Å²) >= 11 is 0. The number of methoxy groups -OCH3 is 2. The maximum Gasteiger partial charge on any atom is 0.308 e. The first-order chi connectivity index (χ1) is 6.77. The minimum absolute atomic E-state index is 0.00982. The topological polar surface area (TPSA) is 44.8 Å². The Bertz CT molecular complexity index is 181. The molecule has 1 saturated carbocycles. The van der Waals surface area contributed by atoms with Gasteiger partial charge in [-0.15, -0.1) is 0 Å². The van der Waals surface area contributed by atoms with E-state index >= 15 is 0 Å². The van der Waals surface area contributed by atoms with Crippen LogP contribution in [0.3, 0.4) is 0 Å². The molecule has 0 N–H and O–H groups in total. The zero-order valence-corrected chi connectivity index (χ0v) is 8.82. The van der Waals surface area contributed by atoms with E-state index < -0.39 is 0 Å². The van der Waals surface area contributed by atoms with Crippen LogP contribution in [0.2, 0.25) is 0 Å². The second-order valence-corrected chi connectivity index (χ2v) is 3.58. The van der Waals surface area contributed by atoms with E-state index in [9.17, 15) is 4.79 Å². The van der Waals surface area contributed by atoms with Crippen LogP contribution in [0.25, 0.3) is 0 Å². The highest BCUT2D eigenvalue weighted by atomic mass is 16.7. The van der Waals surface area contributed by atoms with Crippen molar-refractivity contribution in [1.29, 1.82) is 0 Å². The van der Waals surface area contributed by atoms with E-state index in [4.69, 9.17) is 14.2 Å². The summed E-state index contributed by atoms with van der Waals surface area (Å²) in [5.74, 6) is -0.105. The number of hydrogen-bond donors (Lipinski definition) is 0. The second kappa shape index (κ2) is 5.98. The van der Waals surface area contributed by atoms with Gasteiger partial charge in [-0.1, -0.05) is 6.42 Å². The molecule has 14 heavy (non-hydrogen) atoms. The average Bonchev–Trinajstić information content (AvgIpc) is 2.25. The number of carbonyl (C=O) groups excluding carboxylic acids is 1. The number of rotatable bonds is 4. The summed E-state index contributed by atoms with van der Waals surface area (Å²) < 4.78 is 15.0. The van der Waals surface area contributed by atoms with E-state index in [1.807, 2.05) is 0 Å². The van der Waals surface area contributed by atoms with Crippen LogP contribution in [-0.2, 0) is 19.0 Å². The summed E-state index contributed by atoms with van der Waals surface area (Å²) in [5.41, 5.74) is 0. The van der Waals surface area contributed by atoms with Crippen molar-refractivity contribution in [3.63, 3.8) is 0 Å². The Morgan fingerprint density at radius 3 is 2.79 bits per heavy atom. The lowest BCUT2D eigenvalue weighted by Crippen LogP contribution is -2.29. The number of carbonyl (C=O) groups is 1. The quantitative estimate of drug-likeness (QED) is 0.509. The molecule has 1 aliphatic rings. The van der Waals surface area contributed by atoms with Crippen LogP contribution in [0.1, 0.15) is 25.7 Å². The third-order valence-electron chi connectivity index (χ3n) is 2.58. The van der Waals surface area contributed by atoms with Crippen LogP contribution in [0.4, 0.5) is 0 Å². The van der Waals surface area contributed by atoms with Crippen molar-refractivity contribution in [1.82, 2.24) is 0 Å². The molecule has 4 heteroatoms. The maximum absolute atomic E-state index is 11.3. The normalized spacial score (nSPS) is 27.3. The molecule has 1 fully saturated rings. The fourth-order valence-electron chi connectivity index (χ4n) is 1.84. The molecule has 0 aromatic carbocycles. The van der Waals surface area contributed by atoms with Crippen molar-refractivity contribution in [2.75, 3.05) is 21.0 Å². The molecule has 0 amide bonds. The zero-order valence-electron chi connectivity index (χ0n) is 8.82. The predicted molar refractivity (Wildman–Crippen MR) is 50.7 cm³/mol. The molecule has 1 rings (SSSR count). The highest BCUT2D eigenvalue weighted by Gasteiger charge is 2.28. The van der Waals surface area contributed by atoms with Crippen molar-refractivity contribution in [2.45, 2.75) is 31.8 Å². The minimum atomic E-state index is -0.115. The van der Waals surface area contributed by atoms with Gasteiger partial charge >= 0.3 is 5.97 Å². The highest BCUT2D eigenvalue weighted by molar-refractivity contribution is 5.72. The molecular formula is C10H18O4. The van der Waals surface area contributed by atoms with Gasteiger partial charge in [0.25, 0.3) is 0 Å². The minimum Gasteiger partial charge on any atom is -0.469 e. The molecule has 0 saturated heterocycles. The van der Waals surface area contributed by atoms with Gasteiger partial charge in [-0.25, -0.2) is 0 Å². The third-order valence-corrected chi connectivity index (χ3v) is 2.58. The molecule has 0 spiro atoms. The van der Waals surface area contributed by atoms with Crippen LogP contribution in [-0.4, -0.2) is 33.1 Å². The van der Waals surface area contributed by atoms with Crippen molar-refractivity contribution >= 4 is 5.97 Å². The summed E-state index contributed by atoms with van der Waals surface area (Å²) in [5, 5.41) is 0. The first-order valence-corrected chi connectivity index (χ1v) is 4.96. The van der Waals surface area contributed by atoms with E-state index in [0.29, 0.717) is 6.79 Å². The number of hydrogen-bond acceptors (Lipinski definition) is 4. The highest BCUT2D eigenvalue weighted by Crippen LogP contribution is 2.27. The van der Waals surface area contributed by atoms with Gasteiger partial charge in [0.15, 0.2) is 0 Å². The standard InChI is InChI=1S/C10H18O4/c1-12-7-14-9-5-3-4-8(6-9)10(11)13-2/h8-9H,3-7H2,1-2H3. The molecule has 0 radical (unpaired) electrons. The smallest absolute Gasteiger partial charge is 0.308 e. The largest absolute Gasteiger partial charge is 0.469 e. The Morgan fingerprint density at radius 2 is 2.14 bits per heavy atom. The summed E-state index contributed by atoms with van der Waals surface area (Å²) in [6, 6.07) is 0. The van der Waals surface area contributed by atoms with E-state index in [1.165, 1.54) is 7.11 Å². The Kier molecular flexibility index (Phi) is 4.90. The molecule has 0 aromatic heterocycles. The Hall–Kier alpha value is -0.610. The average molecular weight is 202 g/mol. The molecule has 4 nitrogen and oxygen atoms in total. The summed E-state index contributed by atoms with van der Waals surface area (Å²) in [7, 11) is 3.03. The van der Waals surface area contributed by atoms with Crippen molar-refractivity contribution in [3.05, 3.63) is 0 Å². The SMILES string of the molecule is COCOC1CCCC(C(=O)OC)C1. The van der Waals surface area contributed by atoms with E-state index in [1.54, 1.807) is 7.11 Å². The van der Waals surface area contributed by atoms with Gasteiger partial charge in [0.05, 0.1) is 19.1 Å². The zero-order chi connectivity index (χ0) is 10.4. The van der Waals surface area contributed by atoms with Gasteiger partial charge in [0.1, 0.15) is 6.79 Å². The van der Waals surface area contributed by atoms with Gasteiger partial charge < -0.3 is 14.2 Å². The van der Waals surface area contributed by atoms with Crippen LogP contribution in [0, 0.1) is 5.92 Å². The van der Waals surface area contributed by atoms with Crippen LogP contribution in [0.15, 0.2) is 0 Å². The van der Waals surface area contributed by atoms with Crippen LogP contribution in [0.5, 0.6) is 0 Å². The van der Waals surface area contributed by atoms with E-state index in [0.717, 1.165) is 25.7 Å². The Balaban J connectivity index is 2.31. The van der Waals surface area contributed by atoms with Gasteiger partial charge in [0, 0.05) is 7.11 Å². The second-order valence-electron chi connectivity index (χ2n) is 3.58. The fraction of sp³-hybridized carbons (Fsp3) is 0.900. The lowest BCUT2D eigenvalue weighted by atomic mass is 9.87. The molecule has 0 aliphatic heterocycles. The first kappa shape index (κ1) is 11.5. The molecule has 0 bridgehead atoms. The van der Waals surface area contributed by atoms with Crippen molar-refractivity contribution < 1.29 is 19.0 Å². The predicted octanol–water partition coefficient (Wildman–Crippen LogP) is 1.34. The summed E-state index contributed by atoms with van der Waals surface area (Å²) in [6.45, 7) is 0.304. The molecule has 0 aromatic rings. The summed E-state index contributed by atoms with van der Waals surface area (Å²) in [4.78, 5) is 11.3. The molecule has 2 unspecified atom stereocenters. The maximum atomic E-state index is 11.3. The number of esters is 1. The van der Waals surface area contributed by atoms with Gasteiger partial charge in [-0.05, 0) is 19.3 Å². The Labute approximate surface area is 84.5 Å².